The molecular formula is C9H9N3OS. The third kappa shape index (κ3) is 1.54. The van der Waals surface area contributed by atoms with E-state index in [4.69, 9.17) is 22.4 Å². The van der Waals surface area contributed by atoms with Crippen LogP contribution < -0.4 is 5.73 Å². The number of hydrogen-bond acceptors (Lipinski definition) is 4. The first kappa shape index (κ1) is 8.96. The Morgan fingerprint density at radius 3 is 2.93 bits per heavy atom. The summed E-state index contributed by atoms with van der Waals surface area (Å²) in [6.45, 7) is 1.98. The zero-order valence-electron chi connectivity index (χ0n) is 7.57. The fraction of sp³-hybridized carbons (Fsp3) is 0.111. The first-order valence-electron chi connectivity index (χ1n) is 4.09. The molecule has 1 aromatic heterocycles. The largest absolute Gasteiger partial charge is 0.409 e. The number of nitrogens with zero attached hydrogens (tertiary/aromatic N) is 1. The van der Waals surface area contributed by atoms with E-state index in [-0.39, 0.29) is 4.84 Å². The highest BCUT2D eigenvalue weighted by Gasteiger charge is 2.07. The number of H-pyrrole nitrogens is 1. The van der Waals surface area contributed by atoms with Crippen molar-refractivity contribution in [1.29, 1.82) is 0 Å². The second-order valence-electron chi connectivity index (χ2n) is 3.01. The molecule has 5 heteroatoms. The number of aromatic amines is 1. The highest BCUT2D eigenvalue weighted by Crippen LogP contribution is 2.24. The molecule has 0 bridgehead atoms. The number of nitrogens with one attached hydrogen (secondary N) is 1. The Labute approximate surface area is 85.8 Å². The summed E-state index contributed by atoms with van der Waals surface area (Å²) >= 11 is 4.78. The van der Waals surface area contributed by atoms with E-state index in [1.807, 2.05) is 25.1 Å². The lowest BCUT2D eigenvalue weighted by molar-refractivity contribution is 0.552. The lowest BCUT2D eigenvalue weighted by atomic mass is 10.1. The van der Waals surface area contributed by atoms with Crippen LogP contribution >= 0.6 is 12.2 Å². The second kappa shape index (κ2) is 3.26. The number of aryl methyl sites for hydroxylation is 1. The van der Waals surface area contributed by atoms with Crippen molar-refractivity contribution in [2.75, 3.05) is 5.73 Å². The molecule has 1 aromatic carbocycles. The SMILES string of the molecule is Cc1ccc(N)c(-c2n[nH]c(=S)o2)c1. The molecule has 1 heterocycles. The van der Waals surface area contributed by atoms with Crippen LogP contribution in [-0.2, 0) is 0 Å². The molecule has 0 amide bonds. The summed E-state index contributed by atoms with van der Waals surface area (Å²) in [5.41, 5.74) is 8.27. The number of nitrogens with two attached hydrogens (primary N) is 1. The van der Waals surface area contributed by atoms with Crippen LogP contribution in [0.4, 0.5) is 5.69 Å². The number of hydrogen-bond donors (Lipinski definition) is 2. The Hall–Kier alpha value is -1.62. The zero-order valence-corrected chi connectivity index (χ0v) is 8.39. The van der Waals surface area contributed by atoms with E-state index < -0.39 is 0 Å². The quantitative estimate of drug-likeness (QED) is 0.556. The van der Waals surface area contributed by atoms with Gasteiger partial charge in [-0.25, -0.2) is 5.10 Å². The number of anilines is 1. The van der Waals surface area contributed by atoms with Crippen LogP contribution in [0.25, 0.3) is 11.5 Å². The molecule has 72 valence electrons. The minimum absolute atomic E-state index is 0.251. The van der Waals surface area contributed by atoms with Gasteiger partial charge in [0.05, 0.1) is 5.56 Å². The summed E-state index contributed by atoms with van der Waals surface area (Å²) in [5, 5.41) is 6.47. The van der Waals surface area contributed by atoms with Crippen molar-refractivity contribution in [2.24, 2.45) is 0 Å². The molecule has 0 spiro atoms. The second-order valence-corrected chi connectivity index (χ2v) is 3.38. The normalized spacial score (nSPS) is 10.4. The van der Waals surface area contributed by atoms with Gasteiger partial charge in [0.2, 0.25) is 5.89 Å². The van der Waals surface area contributed by atoms with E-state index in [1.165, 1.54) is 0 Å². The molecule has 0 saturated carbocycles. The summed E-state index contributed by atoms with van der Waals surface area (Å²) in [4.78, 5) is 0.251. The fourth-order valence-corrected chi connectivity index (χ4v) is 1.32. The Morgan fingerprint density at radius 1 is 1.50 bits per heavy atom. The van der Waals surface area contributed by atoms with Gasteiger partial charge in [0, 0.05) is 5.69 Å². The van der Waals surface area contributed by atoms with Crippen LogP contribution in [0, 0.1) is 11.8 Å². The van der Waals surface area contributed by atoms with E-state index >= 15 is 0 Å². The first-order chi connectivity index (χ1) is 6.66. The van der Waals surface area contributed by atoms with Crippen LogP contribution in [0.3, 0.4) is 0 Å². The minimum Gasteiger partial charge on any atom is -0.409 e. The van der Waals surface area contributed by atoms with Crippen molar-refractivity contribution in [3.05, 3.63) is 28.6 Å². The lowest BCUT2D eigenvalue weighted by Gasteiger charge is -2.01. The minimum atomic E-state index is 0.251. The summed E-state index contributed by atoms with van der Waals surface area (Å²) in [6, 6.07) is 5.65. The zero-order chi connectivity index (χ0) is 10.1. The molecule has 14 heavy (non-hydrogen) atoms. The van der Waals surface area contributed by atoms with Gasteiger partial charge < -0.3 is 10.2 Å². The third-order valence-corrected chi connectivity index (χ3v) is 2.05. The maximum atomic E-state index is 5.78. The van der Waals surface area contributed by atoms with Crippen LogP contribution in [0.2, 0.25) is 0 Å². The summed E-state index contributed by atoms with van der Waals surface area (Å²) < 4.78 is 5.17. The standard InChI is InChI=1S/C9H9N3OS/c1-5-2-3-7(10)6(4-5)8-11-12-9(14)13-8/h2-4H,10H2,1H3,(H,12,14). The number of nitrogen functional groups attached to an aromatic ring is 1. The van der Waals surface area contributed by atoms with E-state index in [0.29, 0.717) is 11.6 Å². The van der Waals surface area contributed by atoms with Gasteiger partial charge in [0.25, 0.3) is 4.84 Å². The molecule has 0 radical (unpaired) electrons. The summed E-state index contributed by atoms with van der Waals surface area (Å²) in [5.74, 6) is 0.427. The van der Waals surface area contributed by atoms with Crippen LogP contribution in [0.15, 0.2) is 22.6 Å². The Bertz CT molecular complexity index is 515. The molecular weight excluding hydrogens is 198 g/mol. The number of aromatic nitrogens is 2. The smallest absolute Gasteiger partial charge is 0.284 e. The van der Waals surface area contributed by atoms with E-state index in [9.17, 15) is 0 Å². The predicted octanol–water partition coefficient (Wildman–Crippen LogP) is 2.29. The van der Waals surface area contributed by atoms with Gasteiger partial charge in [-0.1, -0.05) is 11.6 Å². The lowest BCUT2D eigenvalue weighted by Crippen LogP contribution is -1.90. The Kier molecular flexibility index (Phi) is 2.09. The first-order valence-corrected chi connectivity index (χ1v) is 4.49. The van der Waals surface area contributed by atoms with Gasteiger partial charge in [-0.3, -0.25) is 0 Å². The maximum absolute atomic E-state index is 5.78. The molecule has 0 aliphatic carbocycles. The highest BCUT2D eigenvalue weighted by atomic mass is 32.1. The highest BCUT2D eigenvalue weighted by molar-refractivity contribution is 7.71. The Balaban J connectivity index is 2.61. The monoisotopic (exact) mass is 207 g/mol. The molecule has 0 atom stereocenters. The fourth-order valence-electron chi connectivity index (χ4n) is 1.20. The van der Waals surface area contributed by atoms with Crippen molar-refractivity contribution >= 4 is 17.9 Å². The van der Waals surface area contributed by atoms with Crippen molar-refractivity contribution in [1.82, 2.24) is 10.2 Å². The van der Waals surface area contributed by atoms with Crippen molar-refractivity contribution in [3.63, 3.8) is 0 Å². The molecule has 0 fully saturated rings. The topological polar surface area (TPSA) is 67.8 Å². The van der Waals surface area contributed by atoms with Crippen LogP contribution in [-0.4, -0.2) is 10.2 Å². The van der Waals surface area contributed by atoms with E-state index in [0.717, 1.165) is 11.1 Å². The molecule has 2 rings (SSSR count). The van der Waals surface area contributed by atoms with E-state index in [1.54, 1.807) is 0 Å². The van der Waals surface area contributed by atoms with Gasteiger partial charge in [0.1, 0.15) is 0 Å². The van der Waals surface area contributed by atoms with Gasteiger partial charge in [-0.05, 0) is 31.3 Å². The van der Waals surface area contributed by atoms with Gasteiger partial charge in [-0.2, -0.15) is 0 Å². The van der Waals surface area contributed by atoms with Crippen LogP contribution in [0.5, 0.6) is 0 Å². The average Bonchev–Trinajstić information content (AvgIpc) is 2.56. The average molecular weight is 207 g/mol. The summed E-state index contributed by atoms with van der Waals surface area (Å²) in [6.07, 6.45) is 0. The van der Waals surface area contributed by atoms with Crippen molar-refractivity contribution in [2.45, 2.75) is 6.92 Å². The molecule has 0 aliphatic rings. The molecule has 3 N–H and O–H groups in total. The van der Waals surface area contributed by atoms with Crippen molar-refractivity contribution in [3.8, 4) is 11.5 Å². The third-order valence-electron chi connectivity index (χ3n) is 1.88. The molecule has 2 aromatic rings. The molecule has 4 nitrogen and oxygen atoms in total. The van der Waals surface area contributed by atoms with E-state index in [2.05, 4.69) is 10.2 Å². The number of benzene rings is 1. The summed E-state index contributed by atoms with van der Waals surface area (Å²) in [7, 11) is 0. The number of rotatable bonds is 1. The predicted molar refractivity (Wildman–Crippen MR) is 56.3 cm³/mol. The van der Waals surface area contributed by atoms with Gasteiger partial charge in [-0.15, -0.1) is 5.10 Å². The maximum Gasteiger partial charge on any atom is 0.284 e. The van der Waals surface area contributed by atoms with Gasteiger partial charge >= 0.3 is 0 Å². The van der Waals surface area contributed by atoms with Crippen molar-refractivity contribution < 1.29 is 4.42 Å². The molecule has 0 aliphatic heterocycles. The molecule has 0 saturated heterocycles. The molecule has 0 unspecified atom stereocenters. The Morgan fingerprint density at radius 2 is 2.29 bits per heavy atom. The van der Waals surface area contributed by atoms with Gasteiger partial charge in [0.15, 0.2) is 0 Å². The van der Waals surface area contributed by atoms with Crippen LogP contribution in [0.1, 0.15) is 5.56 Å².